The van der Waals surface area contributed by atoms with E-state index in [1.165, 1.54) is 21.6 Å². The van der Waals surface area contributed by atoms with Gasteiger partial charge in [-0.25, -0.2) is 0 Å². The van der Waals surface area contributed by atoms with Crippen molar-refractivity contribution >= 4 is 35.2 Å². The quantitative estimate of drug-likeness (QED) is 0.153. The maximum atomic E-state index is 9.75. The van der Waals surface area contributed by atoms with Crippen LogP contribution in [0.1, 0.15) is 16.4 Å². The third-order valence-corrected chi connectivity index (χ3v) is 8.58. The molecule has 4 unspecified atom stereocenters. The molecule has 0 fully saturated rings. The van der Waals surface area contributed by atoms with Crippen molar-refractivity contribution in [3.63, 3.8) is 0 Å². The number of rotatable bonds is 4. The van der Waals surface area contributed by atoms with Gasteiger partial charge < -0.3 is 22.0 Å². The number of halogens is 4. The molecule has 0 heterocycles. The van der Waals surface area contributed by atoms with Crippen LogP contribution in [-0.2, 0) is 10.9 Å². The molecule has 3 aromatic carbocycles. The number of ether oxygens (including phenoxy) is 1. The molecule has 0 N–H and O–H groups in total. The summed E-state index contributed by atoms with van der Waals surface area (Å²) in [6, 6.07) is 29.5. The first-order valence-corrected chi connectivity index (χ1v) is 13.1. The van der Waals surface area contributed by atoms with Crippen LogP contribution in [0.15, 0.2) is 114 Å². The molecule has 0 aromatic heterocycles. The molecule has 0 amide bonds. The fourth-order valence-corrected chi connectivity index (χ4v) is 6.99. The molecule has 2 aliphatic carbocycles. The van der Waals surface area contributed by atoms with Crippen molar-refractivity contribution < 1.29 is 22.0 Å². The smallest absolute Gasteiger partial charge is 0.485 e. The highest BCUT2D eigenvalue weighted by atomic mass is 32.2. The van der Waals surface area contributed by atoms with E-state index in [0.29, 0.717) is 5.25 Å². The summed E-state index contributed by atoms with van der Waals surface area (Å²) in [6.07, 6.45) is 8.83. The van der Waals surface area contributed by atoms with E-state index in [9.17, 15) is 17.3 Å². The van der Waals surface area contributed by atoms with Crippen molar-refractivity contribution in [2.45, 2.75) is 16.2 Å². The Balaban J connectivity index is 0.000000527. The third-order valence-electron chi connectivity index (χ3n) is 5.85. The van der Waals surface area contributed by atoms with Crippen LogP contribution in [0.4, 0.5) is 17.3 Å². The van der Waals surface area contributed by atoms with Crippen LogP contribution in [0.3, 0.4) is 0 Å². The number of fused-ring (bicyclic) bond motifs is 2. The molecule has 2 aliphatic rings. The van der Waals surface area contributed by atoms with Gasteiger partial charge in [-0.1, -0.05) is 85.0 Å². The molecule has 8 heteroatoms. The molecule has 1 nitrogen and oxygen atoms in total. The Morgan fingerprint density at radius 3 is 2.06 bits per heavy atom. The van der Waals surface area contributed by atoms with E-state index in [-0.39, 0.29) is 22.9 Å². The second kappa shape index (κ2) is 10.8. The fraction of sp³-hybridized carbons (Fsp3) is 0.148. The number of thiocarbonyl (C=S) groups is 1. The van der Waals surface area contributed by atoms with Crippen LogP contribution in [0.5, 0.6) is 5.75 Å². The minimum atomic E-state index is -6.00. The molecule has 0 saturated carbocycles. The normalized spacial score (nSPS) is 21.6. The number of hydrogen-bond acceptors (Lipinski definition) is 2. The van der Waals surface area contributed by atoms with Gasteiger partial charge in [0.2, 0.25) is 0 Å². The van der Waals surface area contributed by atoms with Gasteiger partial charge >= 0.3 is 7.25 Å². The van der Waals surface area contributed by atoms with Gasteiger partial charge in [-0.05, 0) is 41.5 Å². The van der Waals surface area contributed by atoms with E-state index in [1.807, 2.05) is 30.3 Å². The van der Waals surface area contributed by atoms with Crippen molar-refractivity contribution in [1.29, 1.82) is 0 Å². The zero-order chi connectivity index (χ0) is 25.0. The Morgan fingerprint density at radius 2 is 1.40 bits per heavy atom. The van der Waals surface area contributed by atoms with E-state index in [4.69, 9.17) is 17.0 Å². The highest BCUT2D eigenvalue weighted by molar-refractivity contribution is 7.96. The highest BCUT2D eigenvalue weighted by Crippen LogP contribution is 2.48. The number of benzene rings is 3. The van der Waals surface area contributed by atoms with Gasteiger partial charge in [0.25, 0.3) is 0 Å². The van der Waals surface area contributed by atoms with E-state index in [1.54, 1.807) is 0 Å². The Labute approximate surface area is 211 Å². The molecular formula is C27H23BF4OS2. The monoisotopic (exact) mass is 514 g/mol. The Hall–Kier alpha value is -2.84. The van der Waals surface area contributed by atoms with Gasteiger partial charge in [0.15, 0.2) is 10.1 Å². The van der Waals surface area contributed by atoms with Gasteiger partial charge in [-0.15, -0.1) is 0 Å². The molecule has 3 aromatic rings. The first-order chi connectivity index (χ1) is 16.7. The molecule has 35 heavy (non-hydrogen) atoms. The molecule has 0 bridgehead atoms. The molecule has 180 valence electrons. The van der Waals surface area contributed by atoms with Crippen LogP contribution in [-0.4, -0.2) is 24.5 Å². The van der Waals surface area contributed by atoms with Crippen molar-refractivity contribution in [3.8, 4) is 5.75 Å². The summed E-state index contributed by atoms with van der Waals surface area (Å²) in [6.45, 7) is 0. The molecule has 5 rings (SSSR count). The van der Waals surface area contributed by atoms with E-state index in [2.05, 4.69) is 79.1 Å². The van der Waals surface area contributed by atoms with Crippen molar-refractivity contribution in [1.82, 2.24) is 0 Å². The molecule has 4 atom stereocenters. The summed E-state index contributed by atoms with van der Waals surface area (Å²) < 4.78 is 45.4. The average Bonchev–Trinajstić information content (AvgIpc) is 2.84. The number of hydrogen-bond donors (Lipinski definition) is 0. The fourth-order valence-electron chi connectivity index (χ4n) is 4.46. The highest BCUT2D eigenvalue weighted by Gasteiger charge is 2.47. The van der Waals surface area contributed by atoms with E-state index in [0.717, 1.165) is 10.6 Å². The van der Waals surface area contributed by atoms with Crippen LogP contribution < -0.4 is 4.74 Å². The standard InChI is InChI=1S/C27H23OS2.BF4/c1-30(20-13-6-3-7-14-20)27-22-16-9-8-15-21(22)26(29)25-23(27)17-10-18-24(25)28-19-11-4-2-5-12-19;2-1(3,4)5/h2-18,24-25,27H,1H3;/q+1;-1. The predicted octanol–water partition coefficient (Wildman–Crippen LogP) is 7.63. The van der Waals surface area contributed by atoms with E-state index >= 15 is 0 Å². The summed E-state index contributed by atoms with van der Waals surface area (Å²) in [4.78, 5) is 2.36. The first kappa shape index (κ1) is 25.3. The van der Waals surface area contributed by atoms with Gasteiger partial charge in [0.05, 0.1) is 5.92 Å². The SMILES string of the molecule is C[S+](c1ccccc1)C1C2=CC=CC(Oc3ccccc3)C2C(=S)c2ccccc21.F[B-](F)(F)F. The number of para-hydroxylation sites is 1. The van der Waals surface area contributed by atoms with Gasteiger partial charge in [-0.2, -0.15) is 0 Å². The van der Waals surface area contributed by atoms with Crippen LogP contribution in [0, 0.1) is 5.92 Å². The second-order valence-electron chi connectivity index (χ2n) is 8.12. The van der Waals surface area contributed by atoms with E-state index < -0.39 is 7.25 Å². The largest absolute Gasteiger partial charge is 0.673 e. The number of allylic oxidation sites excluding steroid dienone is 2. The van der Waals surface area contributed by atoms with Crippen LogP contribution in [0.25, 0.3) is 0 Å². The minimum Gasteiger partial charge on any atom is -0.485 e. The van der Waals surface area contributed by atoms with Gasteiger partial charge in [0.1, 0.15) is 18.1 Å². The maximum Gasteiger partial charge on any atom is 0.673 e. The van der Waals surface area contributed by atoms with Crippen molar-refractivity contribution in [3.05, 3.63) is 120 Å². The van der Waals surface area contributed by atoms with Gasteiger partial charge in [-0.3, -0.25) is 0 Å². The minimum absolute atomic E-state index is 0.00671. The third kappa shape index (κ3) is 6.06. The summed E-state index contributed by atoms with van der Waals surface area (Å²) in [5.74, 6) is 0.953. The molecule has 0 spiro atoms. The summed E-state index contributed by atoms with van der Waals surface area (Å²) in [5.41, 5.74) is 3.91. The summed E-state index contributed by atoms with van der Waals surface area (Å²) in [7, 11) is -5.99. The molecule has 0 radical (unpaired) electrons. The van der Waals surface area contributed by atoms with Gasteiger partial charge in [0, 0.05) is 21.3 Å². The van der Waals surface area contributed by atoms with Crippen LogP contribution >= 0.6 is 12.2 Å². The Bertz CT molecular complexity index is 1220. The zero-order valence-corrected chi connectivity index (χ0v) is 20.5. The first-order valence-electron chi connectivity index (χ1n) is 11.0. The molecular weight excluding hydrogens is 491 g/mol. The Kier molecular flexibility index (Phi) is 7.82. The lowest BCUT2D eigenvalue weighted by molar-refractivity contribution is 0.222. The molecule has 0 aliphatic heterocycles. The zero-order valence-electron chi connectivity index (χ0n) is 18.9. The average molecular weight is 514 g/mol. The lowest BCUT2D eigenvalue weighted by Gasteiger charge is -2.38. The van der Waals surface area contributed by atoms with Crippen LogP contribution in [0.2, 0.25) is 0 Å². The topological polar surface area (TPSA) is 9.23 Å². The lowest BCUT2D eigenvalue weighted by atomic mass is 9.74. The summed E-state index contributed by atoms with van der Waals surface area (Å²) >= 11 is 6.06. The summed E-state index contributed by atoms with van der Waals surface area (Å²) in [5, 5.41) is 0.298. The molecule has 0 saturated heterocycles. The Morgan fingerprint density at radius 1 is 0.829 bits per heavy atom. The van der Waals surface area contributed by atoms with Crippen molar-refractivity contribution in [2.24, 2.45) is 5.92 Å². The van der Waals surface area contributed by atoms with Crippen molar-refractivity contribution in [2.75, 3.05) is 6.26 Å². The lowest BCUT2D eigenvalue weighted by Crippen LogP contribution is -2.41. The maximum absolute atomic E-state index is 9.75. The second-order valence-corrected chi connectivity index (χ2v) is 10.6. The predicted molar refractivity (Wildman–Crippen MR) is 141 cm³/mol.